The van der Waals surface area contributed by atoms with Crippen LogP contribution < -0.4 is 0 Å². The third-order valence-electron chi connectivity index (χ3n) is 1.26. The normalized spacial score (nSPS) is 9.67. The Balaban J connectivity index is 2.88. The molecule has 0 aliphatic heterocycles. The monoisotopic (exact) mass is 159 g/mol. The van der Waals surface area contributed by atoms with Gasteiger partial charge in [0.1, 0.15) is 13.3 Å². The van der Waals surface area contributed by atoms with Crippen LogP contribution in [0.4, 0.5) is 0 Å². The zero-order valence-corrected chi connectivity index (χ0v) is 6.61. The second-order valence-electron chi connectivity index (χ2n) is 2.08. The van der Waals surface area contributed by atoms with Gasteiger partial charge in [0, 0.05) is 5.56 Å². The van der Waals surface area contributed by atoms with Crippen molar-refractivity contribution in [1.29, 1.82) is 5.26 Å². The van der Waals surface area contributed by atoms with E-state index in [-0.39, 0.29) is 0 Å². The first-order valence-electron chi connectivity index (χ1n) is 3.36. The molecule has 0 heterocycles. The summed E-state index contributed by atoms with van der Waals surface area (Å²) in [5.74, 6) is 0. The highest BCUT2D eigenvalue weighted by Crippen LogP contribution is 2.01. The summed E-state index contributed by atoms with van der Waals surface area (Å²) in [4.78, 5) is 4.45. The zero-order valence-electron chi connectivity index (χ0n) is 6.61. The SMILES string of the molecule is CO/N=[C]\c1cccc(C#N)c1. The highest BCUT2D eigenvalue weighted by atomic mass is 16.6. The van der Waals surface area contributed by atoms with Crippen molar-refractivity contribution < 1.29 is 4.84 Å². The second kappa shape index (κ2) is 4.14. The lowest BCUT2D eigenvalue weighted by atomic mass is 10.1. The molecule has 1 aromatic carbocycles. The average molecular weight is 159 g/mol. The molecule has 0 aliphatic rings. The van der Waals surface area contributed by atoms with Crippen LogP contribution in [0.3, 0.4) is 0 Å². The number of rotatable bonds is 2. The molecule has 0 atom stereocenters. The maximum Gasteiger partial charge on any atom is 0.139 e. The van der Waals surface area contributed by atoms with Crippen LogP contribution in [0, 0.1) is 11.3 Å². The molecule has 0 amide bonds. The Morgan fingerprint density at radius 3 is 2.83 bits per heavy atom. The first-order valence-corrected chi connectivity index (χ1v) is 3.36. The van der Waals surface area contributed by atoms with Crippen LogP contribution in [-0.4, -0.2) is 13.3 Å². The molecule has 59 valence electrons. The van der Waals surface area contributed by atoms with Gasteiger partial charge >= 0.3 is 0 Å². The smallest absolute Gasteiger partial charge is 0.139 e. The van der Waals surface area contributed by atoms with Crippen LogP contribution >= 0.6 is 0 Å². The van der Waals surface area contributed by atoms with Crippen LogP contribution in [0.15, 0.2) is 29.4 Å². The minimum Gasteiger partial charge on any atom is -0.399 e. The molecule has 0 aliphatic carbocycles. The molecule has 3 nitrogen and oxygen atoms in total. The number of nitriles is 1. The van der Waals surface area contributed by atoms with Gasteiger partial charge in [-0.15, -0.1) is 0 Å². The van der Waals surface area contributed by atoms with Crippen LogP contribution in [0.1, 0.15) is 11.1 Å². The van der Waals surface area contributed by atoms with Gasteiger partial charge in [-0.3, -0.25) is 0 Å². The molecule has 0 spiro atoms. The van der Waals surface area contributed by atoms with Crippen molar-refractivity contribution in [3.63, 3.8) is 0 Å². The molecular formula is C9H7N2O. The van der Waals surface area contributed by atoms with Gasteiger partial charge in [0.15, 0.2) is 0 Å². The Morgan fingerprint density at radius 1 is 1.42 bits per heavy atom. The Bertz CT molecular complexity index is 326. The van der Waals surface area contributed by atoms with Crippen molar-refractivity contribution in [3.8, 4) is 6.07 Å². The molecule has 1 aromatic rings. The Morgan fingerprint density at radius 2 is 2.17 bits per heavy atom. The summed E-state index contributed by atoms with van der Waals surface area (Å²) in [7, 11) is 1.45. The number of nitrogens with zero attached hydrogens (tertiary/aromatic N) is 2. The third-order valence-corrected chi connectivity index (χ3v) is 1.26. The lowest BCUT2D eigenvalue weighted by molar-refractivity contribution is 0.215. The third kappa shape index (κ3) is 2.10. The standard InChI is InChI=1S/C9H7N2O/c1-12-11-7-9-4-2-3-8(5-9)6-10/h2-5H,1H3. The molecule has 0 bridgehead atoms. The van der Waals surface area contributed by atoms with Crippen LogP contribution in [0.25, 0.3) is 0 Å². The molecule has 0 N–H and O–H groups in total. The first-order chi connectivity index (χ1) is 5.86. The fourth-order valence-corrected chi connectivity index (χ4v) is 0.757. The largest absolute Gasteiger partial charge is 0.399 e. The highest BCUT2D eigenvalue weighted by molar-refractivity contribution is 5.79. The maximum absolute atomic E-state index is 8.55. The van der Waals surface area contributed by atoms with Crippen molar-refractivity contribution in [1.82, 2.24) is 0 Å². The Hall–Kier alpha value is -1.82. The fraction of sp³-hybridized carbons (Fsp3) is 0.111. The van der Waals surface area contributed by atoms with Crippen molar-refractivity contribution in [2.24, 2.45) is 5.16 Å². The van der Waals surface area contributed by atoms with Crippen LogP contribution in [0.2, 0.25) is 0 Å². The predicted molar refractivity (Wildman–Crippen MR) is 44.7 cm³/mol. The topological polar surface area (TPSA) is 45.4 Å². The van der Waals surface area contributed by atoms with E-state index < -0.39 is 0 Å². The summed E-state index contributed by atoms with van der Waals surface area (Å²) in [5, 5.41) is 12.0. The fourth-order valence-electron chi connectivity index (χ4n) is 0.757. The quantitative estimate of drug-likeness (QED) is 0.483. The van der Waals surface area contributed by atoms with Gasteiger partial charge < -0.3 is 4.84 Å². The number of hydrogen-bond donors (Lipinski definition) is 0. The van der Waals surface area contributed by atoms with E-state index in [4.69, 9.17) is 5.26 Å². The van der Waals surface area contributed by atoms with E-state index in [9.17, 15) is 0 Å². The summed E-state index contributed by atoms with van der Waals surface area (Å²) < 4.78 is 0. The molecule has 0 saturated carbocycles. The second-order valence-corrected chi connectivity index (χ2v) is 2.08. The molecule has 0 saturated heterocycles. The summed E-state index contributed by atoms with van der Waals surface area (Å²) in [6.45, 7) is 0. The summed E-state index contributed by atoms with van der Waals surface area (Å²) in [5.41, 5.74) is 1.32. The van der Waals surface area contributed by atoms with Crippen molar-refractivity contribution in [3.05, 3.63) is 35.4 Å². The molecule has 1 rings (SSSR count). The van der Waals surface area contributed by atoms with Crippen LogP contribution in [0.5, 0.6) is 0 Å². The molecule has 1 radical (unpaired) electrons. The van der Waals surface area contributed by atoms with Crippen molar-refractivity contribution in [2.45, 2.75) is 0 Å². The van der Waals surface area contributed by atoms with Gasteiger partial charge in [0.25, 0.3) is 0 Å². The van der Waals surface area contributed by atoms with Gasteiger partial charge in [-0.05, 0) is 12.1 Å². The average Bonchev–Trinajstić information content (AvgIpc) is 2.15. The van der Waals surface area contributed by atoms with E-state index >= 15 is 0 Å². The molecule has 0 aromatic heterocycles. The first kappa shape index (κ1) is 8.28. The maximum atomic E-state index is 8.55. The number of benzene rings is 1. The minimum absolute atomic E-state index is 0.589. The summed E-state index contributed by atoms with van der Waals surface area (Å²) in [6, 6.07) is 8.99. The van der Waals surface area contributed by atoms with Crippen LogP contribution in [-0.2, 0) is 4.84 Å². The molecule has 3 heteroatoms. The van der Waals surface area contributed by atoms with Gasteiger partial charge in [0.2, 0.25) is 0 Å². The Labute approximate surface area is 70.9 Å². The lowest BCUT2D eigenvalue weighted by Gasteiger charge is -1.90. The molecule has 0 fully saturated rings. The minimum atomic E-state index is 0.589. The van der Waals surface area contributed by atoms with Crippen molar-refractivity contribution in [2.75, 3.05) is 7.11 Å². The van der Waals surface area contributed by atoms with Gasteiger partial charge in [-0.2, -0.15) is 5.26 Å². The summed E-state index contributed by atoms with van der Waals surface area (Å²) in [6.07, 6.45) is 2.62. The number of hydrogen-bond acceptors (Lipinski definition) is 3. The summed E-state index contributed by atoms with van der Waals surface area (Å²) >= 11 is 0. The predicted octanol–water partition coefficient (Wildman–Crippen LogP) is 1.42. The molecular weight excluding hydrogens is 152 g/mol. The molecule has 0 unspecified atom stereocenters. The highest BCUT2D eigenvalue weighted by Gasteiger charge is 1.91. The van der Waals surface area contributed by atoms with E-state index in [0.29, 0.717) is 5.56 Å². The Kier molecular flexibility index (Phi) is 2.86. The van der Waals surface area contributed by atoms with Gasteiger partial charge in [-0.25, -0.2) is 0 Å². The lowest BCUT2D eigenvalue weighted by Crippen LogP contribution is -1.82. The zero-order chi connectivity index (χ0) is 8.81. The van der Waals surface area contributed by atoms with E-state index in [1.807, 2.05) is 6.07 Å². The van der Waals surface area contributed by atoms with E-state index in [0.717, 1.165) is 5.56 Å². The van der Waals surface area contributed by atoms with Crippen molar-refractivity contribution >= 4 is 6.21 Å². The molecule has 12 heavy (non-hydrogen) atoms. The van der Waals surface area contributed by atoms with E-state index in [2.05, 4.69) is 16.2 Å². The van der Waals surface area contributed by atoms with E-state index in [1.54, 1.807) is 24.3 Å². The van der Waals surface area contributed by atoms with E-state index in [1.165, 1.54) is 7.11 Å². The van der Waals surface area contributed by atoms with Gasteiger partial charge in [0.05, 0.1) is 11.6 Å². The van der Waals surface area contributed by atoms with Gasteiger partial charge in [-0.1, -0.05) is 17.3 Å².